The molecule has 19 heavy (non-hydrogen) atoms. The van der Waals surface area contributed by atoms with Crippen LogP contribution < -0.4 is 17.0 Å². The zero-order valence-corrected chi connectivity index (χ0v) is 10.00. The number of nitrogens with zero attached hydrogens (tertiary/aromatic N) is 1. The summed E-state index contributed by atoms with van der Waals surface area (Å²) in [5.41, 5.74) is 4.79. The van der Waals surface area contributed by atoms with E-state index < -0.39 is 23.3 Å². The van der Waals surface area contributed by atoms with Crippen LogP contribution in [0.1, 0.15) is 6.42 Å². The molecule has 0 aliphatic carbocycles. The standard InChI is InChI=1S/C12H13N3O4/c13-8(11(17)18)5-6-15-10(16)7-3-1-2-4-9(7)14-12(15)19/h1-4,8H,5-6,13H2,(H,14,19)(H,17,18). The molecule has 0 saturated carbocycles. The fraction of sp³-hybridized carbons (Fsp3) is 0.250. The molecule has 1 aromatic carbocycles. The first-order chi connectivity index (χ1) is 9.00. The molecule has 0 fully saturated rings. The highest BCUT2D eigenvalue weighted by molar-refractivity contribution is 5.76. The fourth-order valence-electron chi connectivity index (χ4n) is 1.79. The summed E-state index contributed by atoms with van der Waals surface area (Å²) in [4.78, 5) is 37.0. The second-order valence-electron chi connectivity index (χ2n) is 4.17. The topological polar surface area (TPSA) is 118 Å². The first-order valence-corrected chi connectivity index (χ1v) is 5.71. The minimum absolute atomic E-state index is 0.0106. The molecule has 2 aromatic rings. The Kier molecular flexibility index (Phi) is 3.48. The van der Waals surface area contributed by atoms with Crippen LogP contribution in [0.3, 0.4) is 0 Å². The number of hydrogen-bond donors (Lipinski definition) is 3. The van der Waals surface area contributed by atoms with Crippen molar-refractivity contribution in [3.63, 3.8) is 0 Å². The highest BCUT2D eigenvalue weighted by atomic mass is 16.4. The van der Waals surface area contributed by atoms with Gasteiger partial charge in [-0.3, -0.25) is 14.2 Å². The van der Waals surface area contributed by atoms with Crippen molar-refractivity contribution in [1.29, 1.82) is 0 Å². The van der Waals surface area contributed by atoms with Crippen LogP contribution in [0.15, 0.2) is 33.9 Å². The molecule has 0 amide bonds. The number of carboxylic acids is 1. The van der Waals surface area contributed by atoms with Gasteiger partial charge in [-0.25, -0.2) is 4.79 Å². The van der Waals surface area contributed by atoms with E-state index in [0.717, 1.165) is 4.57 Å². The van der Waals surface area contributed by atoms with Gasteiger partial charge in [0.15, 0.2) is 0 Å². The van der Waals surface area contributed by atoms with Crippen molar-refractivity contribution in [2.45, 2.75) is 19.0 Å². The summed E-state index contributed by atoms with van der Waals surface area (Å²) in [6.45, 7) is -0.0353. The lowest BCUT2D eigenvalue weighted by molar-refractivity contribution is -0.138. The number of rotatable bonds is 4. The Labute approximate surface area is 107 Å². The van der Waals surface area contributed by atoms with Gasteiger partial charge in [-0.15, -0.1) is 0 Å². The Morgan fingerprint density at radius 1 is 1.37 bits per heavy atom. The predicted octanol–water partition coefficient (Wildman–Crippen LogP) is -0.508. The zero-order valence-electron chi connectivity index (χ0n) is 10.00. The molecule has 100 valence electrons. The van der Waals surface area contributed by atoms with Crippen molar-refractivity contribution in [3.8, 4) is 0 Å². The molecule has 1 atom stereocenters. The van der Waals surface area contributed by atoms with Gasteiger partial charge in [-0.05, 0) is 18.6 Å². The van der Waals surface area contributed by atoms with Crippen molar-refractivity contribution >= 4 is 16.9 Å². The van der Waals surface area contributed by atoms with Crippen LogP contribution >= 0.6 is 0 Å². The molecule has 1 aromatic heterocycles. The second-order valence-corrected chi connectivity index (χ2v) is 4.17. The van der Waals surface area contributed by atoms with Crippen molar-refractivity contribution < 1.29 is 9.90 Å². The average molecular weight is 263 g/mol. The van der Waals surface area contributed by atoms with Crippen LogP contribution in [0.2, 0.25) is 0 Å². The lowest BCUT2D eigenvalue weighted by Crippen LogP contribution is -2.38. The third kappa shape index (κ3) is 2.55. The van der Waals surface area contributed by atoms with E-state index >= 15 is 0 Å². The van der Waals surface area contributed by atoms with Gasteiger partial charge in [-0.2, -0.15) is 0 Å². The predicted molar refractivity (Wildman–Crippen MR) is 69.1 cm³/mol. The van der Waals surface area contributed by atoms with E-state index in [0.29, 0.717) is 10.9 Å². The largest absolute Gasteiger partial charge is 0.480 e. The smallest absolute Gasteiger partial charge is 0.328 e. The molecule has 0 bridgehead atoms. The Hall–Kier alpha value is -2.41. The molecule has 1 heterocycles. The lowest BCUT2D eigenvalue weighted by atomic mass is 10.2. The van der Waals surface area contributed by atoms with Gasteiger partial charge in [0, 0.05) is 6.54 Å². The Morgan fingerprint density at radius 3 is 2.74 bits per heavy atom. The lowest BCUT2D eigenvalue weighted by Gasteiger charge is -2.08. The number of aromatic amines is 1. The molecule has 0 radical (unpaired) electrons. The number of benzene rings is 1. The monoisotopic (exact) mass is 263 g/mol. The van der Waals surface area contributed by atoms with Gasteiger partial charge in [0.05, 0.1) is 10.9 Å². The van der Waals surface area contributed by atoms with Crippen molar-refractivity contribution in [2.24, 2.45) is 5.73 Å². The highest BCUT2D eigenvalue weighted by Crippen LogP contribution is 2.03. The van der Waals surface area contributed by atoms with Crippen LogP contribution in [0.25, 0.3) is 10.9 Å². The number of carboxylic acid groups (broad SMARTS) is 1. The van der Waals surface area contributed by atoms with Gasteiger partial charge in [0.25, 0.3) is 5.56 Å². The minimum atomic E-state index is -1.16. The number of H-pyrrole nitrogens is 1. The van der Waals surface area contributed by atoms with E-state index in [4.69, 9.17) is 10.8 Å². The van der Waals surface area contributed by atoms with E-state index in [1.54, 1.807) is 24.3 Å². The number of para-hydroxylation sites is 1. The van der Waals surface area contributed by atoms with Gasteiger partial charge in [0.1, 0.15) is 6.04 Å². The molecular formula is C12H13N3O4. The number of fused-ring (bicyclic) bond motifs is 1. The van der Waals surface area contributed by atoms with Crippen molar-refractivity contribution in [2.75, 3.05) is 0 Å². The van der Waals surface area contributed by atoms with Crippen LogP contribution in [0.4, 0.5) is 0 Å². The Balaban J connectivity index is 2.41. The average Bonchev–Trinajstić information content (AvgIpc) is 2.38. The molecular weight excluding hydrogens is 250 g/mol. The summed E-state index contributed by atoms with van der Waals surface area (Å²) in [6, 6.07) is 5.53. The molecule has 0 saturated heterocycles. The number of nitrogens with two attached hydrogens (primary N) is 1. The number of hydrogen-bond acceptors (Lipinski definition) is 4. The zero-order chi connectivity index (χ0) is 14.0. The first kappa shape index (κ1) is 13.0. The number of nitrogens with one attached hydrogen (secondary N) is 1. The summed E-state index contributed by atoms with van der Waals surface area (Å²) >= 11 is 0. The maximum atomic E-state index is 12.1. The summed E-state index contributed by atoms with van der Waals surface area (Å²) in [5.74, 6) is -1.16. The fourth-order valence-corrected chi connectivity index (χ4v) is 1.79. The van der Waals surface area contributed by atoms with Crippen molar-refractivity contribution in [1.82, 2.24) is 9.55 Å². The van der Waals surface area contributed by atoms with E-state index in [-0.39, 0.29) is 13.0 Å². The molecule has 2 rings (SSSR count). The molecule has 7 heteroatoms. The van der Waals surface area contributed by atoms with Gasteiger partial charge >= 0.3 is 11.7 Å². The van der Waals surface area contributed by atoms with E-state index in [2.05, 4.69) is 4.98 Å². The summed E-state index contributed by atoms with van der Waals surface area (Å²) < 4.78 is 0.963. The number of aromatic nitrogens is 2. The number of carbonyl (C=O) groups is 1. The summed E-state index contributed by atoms with van der Waals surface area (Å²) in [6.07, 6.45) is 0.0106. The summed E-state index contributed by atoms with van der Waals surface area (Å²) in [7, 11) is 0. The SMILES string of the molecule is NC(CCn1c(=O)[nH]c2ccccc2c1=O)C(=O)O. The number of aliphatic carboxylic acids is 1. The Morgan fingerprint density at radius 2 is 2.05 bits per heavy atom. The van der Waals surface area contributed by atoms with Gasteiger partial charge < -0.3 is 15.8 Å². The highest BCUT2D eigenvalue weighted by Gasteiger charge is 2.13. The third-order valence-corrected chi connectivity index (χ3v) is 2.87. The van der Waals surface area contributed by atoms with Crippen LogP contribution in [-0.2, 0) is 11.3 Å². The van der Waals surface area contributed by atoms with Gasteiger partial charge in [0.2, 0.25) is 0 Å². The van der Waals surface area contributed by atoms with Crippen LogP contribution in [0, 0.1) is 0 Å². The molecule has 0 aliphatic rings. The van der Waals surface area contributed by atoms with Crippen LogP contribution in [-0.4, -0.2) is 26.7 Å². The quantitative estimate of drug-likeness (QED) is 0.686. The molecule has 0 aliphatic heterocycles. The molecule has 1 unspecified atom stereocenters. The van der Waals surface area contributed by atoms with E-state index in [1.165, 1.54) is 0 Å². The van der Waals surface area contributed by atoms with Crippen LogP contribution in [0.5, 0.6) is 0 Å². The van der Waals surface area contributed by atoms with Gasteiger partial charge in [-0.1, -0.05) is 12.1 Å². The normalized spacial score (nSPS) is 12.5. The first-order valence-electron chi connectivity index (χ1n) is 5.71. The molecule has 4 N–H and O–H groups in total. The molecule has 7 nitrogen and oxygen atoms in total. The van der Waals surface area contributed by atoms with Crippen molar-refractivity contribution in [3.05, 3.63) is 45.1 Å². The maximum Gasteiger partial charge on any atom is 0.328 e. The maximum absolute atomic E-state index is 12.1. The Bertz CT molecular complexity index is 732. The van der Waals surface area contributed by atoms with E-state index in [9.17, 15) is 14.4 Å². The molecule has 0 spiro atoms. The van der Waals surface area contributed by atoms with E-state index in [1.807, 2.05) is 0 Å². The summed E-state index contributed by atoms with van der Waals surface area (Å²) in [5, 5.41) is 9.05. The third-order valence-electron chi connectivity index (χ3n) is 2.87. The second kappa shape index (κ2) is 5.07. The minimum Gasteiger partial charge on any atom is -0.480 e.